The molecule has 1 aliphatic heterocycles. The highest BCUT2D eigenvalue weighted by Crippen LogP contribution is 2.59. The molecule has 1 heterocycles. The highest BCUT2D eigenvalue weighted by molar-refractivity contribution is 5.92. The smallest absolute Gasteiger partial charge is 0.307 e. The second-order valence-corrected chi connectivity index (χ2v) is 7.07. The van der Waals surface area contributed by atoms with Crippen molar-refractivity contribution in [3.63, 3.8) is 0 Å². The van der Waals surface area contributed by atoms with Gasteiger partial charge in [-0.3, -0.25) is 9.59 Å². The molecule has 0 spiro atoms. The first-order chi connectivity index (χ1) is 9.43. The fourth-order valence-electron chi connectivity index (χ4n) is 3.55. The lowest BCUT2D eigenvalue weighted by atomic mass is 10.1. The van der Waals surface area contributed by atoms with Gasteiger partial charge in [-0.15, -0.1) is 0 Å². The average Bonchev–Trinajstić information content (AvgIpc) is 3.23. The Kier molecular flexibility index (Phi) is 3.27. The lowest BCUT2D eigenvalue weighted by Crippen LogP contribution is -2.39. The van der Waals surface area contributed by atoms with Crippen molar-refractivity contribution in [2.45, 2.75) is 39.2 Å². The van der Waals surface area contributed by atoms with Crippen molar-refractivity contribution in [1.29, 1.82) is 0 Å². The number of aliphatic carboxylic acids is 1. The Hall–Kier alpha value is -1.10. The van der Waals surface area contributed by atoms with Crippen molar-refractivity contribution in [3.05, 3.63) is 0 Å². The topological polar surface area (TPSA) is 66.8 Å². The van der Waals surface area contributed by atoms with Gasteiger partial charge in [0.05, 0.1) is 18.4 Å². The van der Waals surface area contributed by atoms with Crippen molar-refractivity contribution < 1.29 is 19.4 Å². The zero-order chi connectivity index (χ0) is 14.5. The predicted molar refractivity (Wildman–Crippen MR) is 72.1 cm³/mol. The van der Waals surface area contributed by atoms with E-state index in [9.17, 15) is 14.7 Å². The summed E-state index contributed by atoms with van der Waals surface area (Å²) in [6, 6.07) is 0.342. The van der Waals surface area contributed by atoms with Gasteiger partial charge in [-0.2, -0.15) is 0 Å². The summed E-state index contributed by atoms with van der Waals surface area (Å²) in [7, 11) is 0. The minimum atomic E-state index is -0.840. The van der Waals surface area contributed by atoms with Crippen LogP contribution in [-0.2, 0) is 14.3 Å². The molecule has 1 N–H and O–H groups in total. The van der Waals surface area contributed by atoms with Crippen LogP contribution in [0.3, 0.4) is 0 Å². The molecule has 5 nitrogen and oxygen atoms in total. The van der Waals surface area contributed by atoms with Crippen LogP contribution in [0.4, 0.5) is 0 Å². The lowest BCUT2D eigenvalue weighted by Gasteiger charge is -2.26. The minimum Gasteiger partial charge on any atom is -0.481 e. The number of ether oxygens (including phenoxy) is 1. The molecule has 1 unspecified atom stereocenters. The number of carbonyl (C=O) groups excluding carboxylic acids is 1. The first kappa shape index (κ1) is 13.9. The van der Waals surface area contributed by atoms with Crippen LogP contribution < -0.4 is 0 Å². The maximum atomic E-state index is 12.7. The summed E-state index contributed by atoms with van der Waals surface area (Å²) in [5.74, 6) is -1.23. The van der Waals surface area contributed by atoms with Crippen LogP contribution in [0, 0.1) is 23.2 Å². The quantitative estimate of drug-likeness (QED) is 0.826. The summed E-state index contributed by atoms with van der Waals surface area (Å²) in [5.41, 5.74) is -0.401. The van der Waals surface area contributed by atoms with Gasteiger partial charge >= 0.3 is 5.97 Å². The molecule has 3 aliphatic rings. The van der Waals surface area contributed by atoms with Crippen LogP contribution in [-0.4, -0.2) is 47.7 Å². The molecule has 1 saturated heterocycles. The van der Waals surface area contributed by atoms with Gasteiger partial charge in [0.1, 0.15) is 0 Å². The van der Waals surface area contributed by atoms with E-state index >= 15 is 0 Å². The number of carboxylic acid groups (broad SMARTS) is 1. The molecule has 112 valence electrons. The van der Waals surface area contributed by atoms with E-state index in [0.29, 0.717) is 12.0 Å². The van der Waals surface area contributed by atoms with Crippen LogP contribution >= 0.6 is 0 Å². The number of carbonyl (C=O) groups is 2. The van der Waals surface area contributed by atoms with Crippen LogP contribution in [0.5, 0.6) is 0 Å². The third kappa shape index (κ3) is 2.32. The average molecular weight is 281 g/mol. The number of hydrogen-bond acceptors (Lipinski definition) is 3. The number of hydrogen-bond donors (Lipinski definition) is 1. The van der Waals surface area contributed by atoms with E-state index in [0.717, 1.165) is 39.0 Å². The Morgan fingerprint density at radius 2 is 1.95 bits per heavy atom. The molecule has 0 radical (unpaired) electrons. The Morgan fingerprint density at radius 3 is 2.40 bits per heavy atom. The van der Waals surface area contributed by atoms with Gasteiger partial charge in [-0.1, -0.05) is 13.8 Å². The minimum absolute atomic E-state index is 0.0526. The summed E-state index contributed by atoms with van der Waals surface area (Å²) in [5, 5.41) is 9.24. The van der Waals surface area contributed by atoms with Gasteiger partial charge in [-0.25, -0.2) is 0 Å². The van der Waals surface area contributed by atoms with Gasteiger partial charge in [0, 0.05) is 25.1 Å². The number of nitrogens with zero attached hydrogens (tertiary/aromatic N) is 1. The van der Waals surface area contributed by atoms with Crippen molar-refractivity contribution in [2.24, 2.45) is 23.2 Å². The zero-order valence-corrected chi connectivity index (χ0v) is 12.2. The highest BCUT2D eigenvalue weighted by Gasteiger charge is 2.67. The molecule has 0 aromatic rings. The molecule has 3 atom stereocenters. The van der Waals surface area contributed by atoms with E-state index in [4.69, 9.17) is 4.74 Å². The van der Waals surface area contributed by atoms with E-state index in [1.54, 1.807) is 0 Å². The summed E-state index contributed by atoms with van der Waals surface area (Å²) >= 11 is 0. The molecule has 20 heavy (non-hydrogen) atoms. The van der Waals surface area contributed by atoms with Crippen molar-refractivity contribution in [3.8, 4) is 0 Å². The van der Waals surface area contributed by atoms with Gasteiger partial charge in [0.25, 0.3) is 0 Å². The van der Waals surface area contributed by atoms with Crippen molar-refractivity contribution in [2.75, 3.05) is 19.8 Å². The fourth-order valence-corrected chi connectivity index (χ4v) is 3.55. The van der Waals surface area contributed by atoms with Crippen LogP contribution in [0.25, 0.3) is 0 Å². The van der Waals surface area contributed by atoms with E-state index in [2.05, 4.69) is 0 Å². The van der Waals surface area contributed by atoms with E-state index in [-0.39, 0.29) is 11.8 Å². The molecule has 0 aromatic carbocycles. The summed E-state index contributed by atoms with van der Waals surface area (Å²) < 4.78 is 5.38. The molecule has 2 saturated carbocycles. The van der Waals surface area contributed by atoms with Crippen LogP contribution in [0.1, 0.15) is 33.1 Å². The Balaban J connectivity index is 1.68. The van der Waals surface area contributed by atoms with Crippen LogP contribution in [0.2, 0.25) is 0 Å². The normalized spacial score (nSPS) is 34.8. The molecule has 3 fully saturated rings. The summed E-state index contributed by atoms with van der Waals surface area (Å²) in [6.07, 6.45) is 3.13. The molecular weight excluding hydrogens is 258 g/mol. The first-order valence-corrected chi connectivity index (χ1v) is 7.54. The molecule has 0 bridgehead atoms. The van der Waals surface area contributed by atoms with Gasteiger partial charge in [-0.05, 0) is 24.7 Å². The number of amides is 1. The Morgan fingerprint density at radius 1 is 1.25 bits per heavy atom. The second kappa shape index (κ2) is 4.72. The maximum absolute atomic E-state index is 12.7. The van der Waals surface area contributed by atoms with Gasteiger partial charge < -0.3 is 14.7 Å². The SMILES string of the molecule is CC1(C)[C@H](C(=O)O)[C@@H]1C(=O)N(CC1CCOC1)C1CC1. The largest absolute Gasteiger partial charge is 0.481 e. The van der Waals surface area contributed by atoms with Crippen LogP contribution in [0.15, 0.2) is 0 Å². The molecule has 2 aliphatic carbocycles. The Labute approximate surface area is 119 Å². The Bertz CT molecular complexity index is 424. The monoisotopic (exact) mass is 281 g/mol. The van der Waals surface area contributed by atoms with E-state index in [1.165, 1.54) is 0 Å². The number of carboxylic acids is 1. The number of rotatable bonds is 5. The van der Waals surface area contributed by atoms with Gasteiger partial charge in [0.15, 0.2) is 0 Å². The summed E-state index contributed by atoms with van der Waals surface area (Å²) in [6.45, 7) is 6.02. The van der Waals surface area contributed by atoms with Crippen molar-refractivity contribution >= 4 is 11.9 Å². The fraction of sp³-hybridized carbons (Fsp3) is 0.867. The molecule has 1 amide bonds. The van der Waals surface area contributed by atoms with E-state index in [1.807, 2.05) is 18.7 Å². The first-order valence-electron chi connectivity index (χ1n) is 7.54. The molecular formula is C15H23NO4. The summed E-state index contributed by atoms with van der Waals surface area (Å²) in [4.78, 5) is 25.9. The standard InChI is InChI=1S/C15H23NO4/c1-15(2)11(12(15)14(18)19)13(17)16(10-3-4-10)7-9-5-6-20-8-9/h9-12H,3-8H2,1-2H3,(H,18,19)/t9?,11-,12+/m1/s1. The second-order valence-electron chi connectivity index (χ2n) is 7.07. The molecule has 3 rings (SSSR count). The predicted octanol–water partition coefficient (Wildman–Crippen LogP) is 1.37. The highest BCUT2D eigenvalue weighted by atomic mass is 16.5. The molecule has 0 aromatic heterocycles. The van der Waals surface area contributed by atoms with Crippen molar-refractivity contribution in [1.82, 2.24) is 4.90 Å². The van der Waals surface area contributed by atoms with E-state index < -0.39 is 17.3 Å². The van der Waals surface area contributed by atoms with Gasteiger partial charge in [0.2, 0.25) is 5.91 Å². The third-order valence-electron chi connectivity index (χ3n) is 5.11. The zero-order valence-electron chi connectivity index (χ0n) is 12.2. The maximum Gasteiger partial charge on any atom is 0.307 e. The molecule has 5 heteroatoms. The third-order valence-corrected chi connectivity index (χ3v) is 5.11. The lowest BCUT2D eigenvalue weighted by molar-refractivity contribution is -0.142.